The van der Waals surface area contributed by atoms with Gasteiger partial charge in [-0.25, -0.2) is 4.99 Å². The van der Waals surface area contributed by atoms with E-state index >= 15 is 0 Å². The van der Waals surface area contributed by atoms with Gasteiger partial charge in [0.1, 0.15) is 11.9 Å². The van der Waals surface area contributed by atoms with Crippen LogP contribution in [-0.2, 0) is 0 Å². The summed E-state index contributed by atoms with van der Waals surface area (Å²) >= 11 is 0. The van der Waals surface area contributed by atoms with Gasteiger partial charge in [-0.05, 0) is 29.8 Å². The summed E-state index contributed by atoms with van der Waals surface area (Å²) in [6.45, 7) is 0. The third-order valence-electron chi connectivity index (χ3n) is 3.27. The lowest BCUT2D eigenvalue weighted by molar-refractivity contribution is 0.234. The molecule has 1 heterocycles. The van der Waals surface area contributed by atoms with Crippen molar-refractivity contribution in [1.82, 2.24) is 5.48 Å². The van der Waals surface area contributed by atoms with Gasteiger partial charge in [-0.3, -0.25) is 10.7 Å². The average Bonchev–Trinajstić information content (AvgIpc) is 2.54. The molecule has 0 fully saturated rings. The molecule has 1 aliphatic rings. The molecule has 0 aliphatic carbocycles. The molecule has 0 amide bonds. The molecule has 0 bridgehead atoms. The van der Waals surface area contributed by atoms with Gasteiger partial charge in [0, 0.05) is 11.3 Å². The van der Waals surface area contributed by atoms with Crippen molar-refractivity contribution in [2.75, 3.05) is 12.4 Å². The predicted octanol–water partition coefficient (Wildman–Crippen LogP) is 2.54. The number of fused-ring (bicyclic) bond motifs is 1. The first-order valence-electron chi connectivity index (χ1n) is 6.29. The molecule has 5 heteroatoms. The fourth-order valence-corrected chi connectivity index (χ4v) is 2.23. The van der Waals surface area contributed by atoms with Crippen LogP contribution in [0.15, 0.2) is 53.5 Å². The van der Waals surface area contributed by atoms with Crippen molar-refractivity contribution < 1.29 is 9.94 Å². The Labute approximate surface area is 116 Å². The van der Waals surface area contributed by atoms with Gasteiger partial charge in [-0.15, -0.1) is 0 Å². The van der Waals surface area contributed by atoms with Crippen LogP contribution in [0.2, 0.25) is 0 Å². The molecule has 0 aromatic heterocycles. The summed E-state index contributed by atoms with van der Waals surface area (Å²) in [6, 6.07) is 15.4. The molecule has 2 aromatic carbocycles. The van der Waals surface area contributed by atoms with E-state index in [9.17, 15) is 5.21 Å². The quantitative estimate of drug-likeness (QED) is 0.733. The Morgan fingerprint density at radius 1 is 1.15 bits per heavy atom. The summed E-state index contributed by atoms with van der Waals surface area (Å²) in [5.74, 6) is 1.26. The zero-order valence-electron chi connectivity index (χ0n) is 11.0. The standard InChI is InChI=1S/C15H15N3O2/c1-20-11-8-6-10(7-9-11)14-16-13-5-3-2-4-12(13)15(17-14)18-19/h2-9,14,16,19H,1H3,(H,17,18)/t14-/m1/s1. The Morgan fingerprint density at radius 2 is 1.90 bits per heavy atom. The number of nitrogens with one attached hydrogen (secondary N) is 2. The summed E-state index contributed by atoms with van der Waals surface area (Å²) in [5.41, 5.74) is 4.94. The van der Waals surface area contributed by atoms with Crippen LogP contribution in [0.5, 0.6) is 5.75 Å². The lowest BCUT2D eigenvalue weighted by Crippen LogP contribution is -2.28. The predicted molar refractivity (Wildman–Crippen MR) is 77.3 cm³/mol. The maximum absolute atomic E-state index is 9.26. The third-order valence-corrected chi connectivity index (χ3v) is 3.27. The largest absolute Gasteiger partial charge is 0.497 e. The number of hydroxylamine groups is 1. The molecule has 2 aromatic rings. The van der Waals surface area contributed by atoms with Crippen LogP contribution in [0.25, 0.3) is 0 Å². The highest BCUT2D eigenvalue weighted by Crippen LogP contribution is 2.29. The molecule has 3 rings (SSSR count). The number of nitrogens with zero attached hydrogens (tertiary/aromatic N) is 1. The number of benzene rings is 2. The van der Waals surface area contributed by atoms with Gasteiger partial charge in [0.15, 0.2) is 5.84 Å². The summed E-state index contributed by atoms with van der Waals surface area (Å²) in [5, 5.41) is 12.6. The van der Waals surface area contributed by atoms with Crippen LogP contribution in [0.3, 0.4) is 0 Å². The minimum absolute atomic E-state index is 0.245. The molecule has 1 aliphatic heterocycles. The van der Waals surface area contributed by atoms with Gasteiger partial charge in [-0.2, -0.15) is 0 Å². The first kappa shape index (κ1) is 12.5. The van der Waals surface area contributed by atoms with Gasteiger partial charge in [-0.1, -0.05) is 24.3 Å². The van der Waals surface area contributed by atoms with E-state index in [1.165, 1.54) is 0 Å². The lowest BCUT2D eigenvalue weighted by Gasteiger charge is -2.25. The zero-order valence-corrected chi connectivity index (χ0v) is 11.0. The van der Waals surface area contributed by atoms with Crippen molar-refractivity contribution in [2.24, 2.45) is 4.99 Å². The monoisotopic (exact) mass is 269 g/mol. The number of methoxy groups -OCH3 is 1. The molecular weight excluding hydrogens is 254 g/mol. The topological polar surface area (TPSA) is 65.9 Å². The number of amidine groups is 1. The SMILES string of the molecule is COc1ccc([C@H]2N=C(NO)c3ccccc3N2)cc1. The molecule has 20 heavy (non-hydrogen) atoms. The molecular formula is C15H15N3O2. The second-order valence-corrected chi connectivity index (χ2v) is 4.46. The molecule has 0 unspecified atom stereocenters. The number of hydrogen-bond donors (Lipinski definition) is 3. The van der Waals surface area contributed by atoms with Crippen LogP contribution < -0.4 is 15.5 Å². The molecule has 0 saturated heterocycles. The minimum atomic E-state index is -0.245. The Morgan fingerprint density at radius 3 is 2.60 bits per heavy atom. The van der Waals surface area contributed by atoms with Gasteiger partial charge >= 0.3 is 0 Å². The average molecular weight is 269 g/mol. The van der Waals surface area contributed by atoms with Gasteiger partial charge in [0.25, 0.3) is 0 Å². The smallest absolute Gasteiger partial charge is 0.156 e. The second-order valence-electron chi connectivity index (χ2n) is 4.46. The Bertz CT molecular complexity index is 638. The molecule has 0 spiro atoms. The first-order chi connectivity index (χ1) is 9.81. The van der Waals surface area contributed by atoms with E-state index in [0.29, 0.717) is 5.84 Å². The number of rotatable bonds is 2. The highest BCUT2D eigenvalue weighted by molar-refractivity contribution is 6.04. The van der Waals surface area contributed by atoms with Crippen molar-refractivity contribution in [2.45, 2.75) is 6.17 Å². The summed E-state index contributed by atoms with van der Waals surface area (Å²) < 4.78 is 5.15. The third kappa shape index (κ3) is 2.19. The minimum Gasteiger partial charge on any atom is -0.497 e. The molecule has 5 nitrogen and oxygen atoms in total. The summed E-state index contributed by atoms with van der Waals surface area (Å²) in [4.78, 5) is 4.47. The fraction of sp³-hybridized carbons (Fsp3) is 0.133. The normalized spacial score (nSPS) is 16.7. The lowest BCUT2D eigenvalue weighted by atomic mass is 10.1. The Balaban J connectivity index is 1.96. The van der Waals surface area contributed by atoms with Crippen molar-refractivity contribution in [3.05, 3.63) is 59.7 Å². The number of ether oxygens (including phenoxy) is 1. The van der Waals surface area contributed by atoms with Crippen molar-refractivity contribution >= 4 is 11.5 Å². The van der Waals surface area contributed by atoms with E-state index in [0.717, 1.165) is 22.6 Å². The van der Waals surface area contributed by atoms with E-state index < -0.39 is 0 Å². The number of hydrogen-bond acceptors (Lipinski definition) is 5. The molecule has 3 N–H and O–H groups in total. The van der Waals surface area contributed by atoms with Gasteiger partial charge in [0.2, 0.25) is 0 Å². The van der Waals surface area contributed by atoms with Crippen molar-refractivity contribution in [1.29, 1.82) is 0 Å². The number of para-hydroxylation sites is 1. The first-order valence-corrected chi connectivity index (χ1v) is 6.29. The Hall–Kier alpha value is -2.53. The zero-order chi connectivity index (χ0) is 13.9. The summed E-state index contributed by atoms with van der Waals surface area (Å²) in [6.07, 6.45) is -0.245. The van der Waals surface area contributed by atoms with Crippen LogP contribution in [-0.4, -0.2) is 18.2 Å². The van der Waals surface area contributed by atoms with Crippen LogP contribution >= 0.6 is 0 Å². The van der Waals surface area contributed by atoms with E-state index in [4.69, 9.17) is 4.74 Å². The number of anilines is 1. The van der Waals surface area contributed by atoms with Gasteiger partial charge < -0.3 is 10.1 Å². The van der Waals surface area contributed by atoms with E-state index in [-0.39, 0.29) is 6.17 Å². The summed E-state index contributed by atoms with van der Waals surface area (Å²) in [7, 11) is 1.63. The molecule has 1 atom stereocenters. The van der Waals surface area contributed by atoms with Crippen LogP contribution in [0.1, 0.15) is 17.3 Å². The van der Waals surface area contributed by atoms with E-state index in [2.05, 4.69) is 15.8 Å². The highest BCUT2D eigenvalue weighted by atomic mass is 16.5. The maximum atomic E-state index is 9.26. The Kier molecular flexibility index (Phi) is 3.26. The highest BCUT2D eigenvalue weighted by Gasteiger charge is 2.20. The van der Waals surface area contributed by atoms with Gasteiger partial charge in [0.05, 0.1) is 7.11 Å². The molecule has 0 radical (unpaired) electrons. The van der Waals surface area contributed by atoms with Crippen LogP contribution in [0.4, 0.5) is 5.69 Å². The van der Waals surface area contributed by atoms with E-state index in [1.54, 1.807) is 7.11 Å². The molecule has 102 valence electrons. The maximum Gasteiger partial charge on any atom is 0.156 e. The fourth-order valence-electron chi connectivity index (χ4n) is 2.23. The van der Waals surface area contributed by atoms with E-state index in [1.807, 2.05) is 48.5 Å². The van der Waals surface area contributed by atoms with Crippen molar-refractivity contribution in [3.8, 4) is 5.75 Å². The van der Waals surface area contributed by atoms with Crippen molar-refractivity contribution in [3.63, 3.8) is 0 Å². The van der Waals surface area contributed by atoms with Crippen LogP contribution in [0, 0.1) is 0 Å². The number of aliphatic imine (C=N–C) groups is 1. The molecule has 0 saturated carbocycles. The second kappa shape index (κ2) is 5.22.